The first-order valence-electron chi connectivity index (χ1n) is 14.4. The van der Waals surface area contributed by atoms with E-state index >= 15 is 0 Å². The average molecular weight is 578 g/mol. The van der Waals surface area contributed by atoms with Crippen LogP contribution in [0.2, 0.25) is 0 Å². The molecule has 1 unspecified atom stereocenters. The summed E-state index contributed by atoms with van der Waals surface area (Å²) < 4.78 is 23.2. The van der Waals surface area contributed by atoms with E-state index in [-0.39, 0.29) is 43.2 Å². The van der Waals surface area contributed by atoms with Gasteiger partial charge in [0, 0.05) is 38.8 Å². The smallest absolute Gasteiger partial charge is 0.410 e. The number of hydrogen-bond acceptors (Lipinski definition) is 7. The maximum atomic E-state index is 13.2. The highest BCUT2D eigenvalue weighted by Gasteiger charge is 2.32. The molecule has 0 aromatic carbocycles. The van der Waals surface area contributed by atoms with E-state index in [4.69, 9.17) is 9.47 Å². The number of pyridine rings is 1. The number of ether oxygens (including phenoxy) is 2. The zero-order valence-corrected chi connectivity index (χ0v) is 24.3. The van der Waals surface area contributed by atoms with Gasteiger partial charge in [-0.05, 0) is 70.4 Å². The second-order valence-electron chi connectivity index (χ2n) is 11.8. The molecule has 3 rings (SSSR count). The average Bonchev–Trinajstić information content (AvgIpc) is 2.93. The van der Waals surface area contributed by atoms with Crippen LogP contribution >= 0.6 is 0 Å². The maximum Gasteiger partial charge on any atom is 0.410 e. The summed E-state index contributed by atoms with van der Waals surface area (Å²) in [5.74, 6) is -1.24. The second kappa shape index (κ2) is 15.0. The van der Waals surface area contributed by atoms with Gasteiger partial charge in [-0.15, -0.1) is 0 Å². The number of likely N-dealkylation sites (tertiary alicyclic amines) is 2. The molecule has 2 fully saturated rings. The number of rotatable bonds is 11. The molecule has 228 valence electrons. The molecule has 0 spiro atoms. The Bertz CT molecular complexity index is 1060. The van der Waals surface area contributed by atoms with Gasteiger partial charge in [0.05, 0.1) is 24.6 Å². The summed E-state index contributed by atoms with van der Waals surface area (Å²) in [6.07, 6.45) is 6.19. The van der Waals surface area contributed by atoms with E-state index in [2.05, 4.69) is 10.3 Å². The summed E-state index contributed by atoms with van der Waals surface area (Å²) >= 11 is 0. The Labute approximate surface area is 240 Å². The van der Waals surface area contributed by atoms with Crippen LogP contribution in [-0.2, 0) is 19.1 Å². The van der Waals surface area contributed by atoms with Crippen molar-refractivity contribution in [3.8, 4) is 5.75 Å². The Morgan fingerprint density at radius 2 is 1.85 bits per heavy atom. The molecule has 1 aromatic heterocycles. The van der Waals surface area contributed by atoms with Gasteiger partial charge in [-0.1, -0.05) is 0 Å². The highest BCUT2D eigenvalue weighted by atomic mass is 18.2. The Morgan fingerprint density at radius 3 is 2.51 bits per heavy atom. The number of carbonyl (C=O) groups excluding carboxylic acids is 3. The number of amides is 3. The lowest BCUT2D eigenvalue weighted by molar-refractivity contribution is -0.138. The minimum atomic E-state index is -1.09. The molecule has 0 saturated carbocycles. The monoisotopic (exact) mass is 577 g/mol. The van der Waals surface area contributed by atoms with Crippen molar-refractivity contribution < 1.29 is 38.1 Å². The number of carbonyl (C=O) groups is 4. The van der Waals surface area contributed by atoms with Crippen molar-refractivity contribution in [3.05, 3.63) is 24.0 Å². The molecule has 1 aromatic rings. The first-order chi connectivity index (χ1) is 19.4. The third-order valence-corrected chi connectivity index (χ3v) is 7.36. The Balaban J connectivity index is 1.49. The Morgan fingerprint density at radius 1 is 1.12 bits per heavy atom. The van der Waals surface area contributed by atoms with E-state index in [0.29, 0.717) is 50.4 Å². The molecule has 0 radical (unpaired) electrons. The topological polar surface area (TPSA) is 138 Å². The summed E-state index contributed by atoms with van der Waals surface area (Å²) in [5, 5.41) is 12.2. The fraction of sp³-hybridized carbons (Fsp3) is 0.690. The normalized spacial score (nSPS) is 18.9. The summed E-state index contributed by atoms with van der Waals surface area (Å²) in [6.45, 7) is 6.77. The molecule has 2 aliphatic rings. The maximum absolute atomic E-state index is 13.2. The molecule has 2 N–H and O–H groups in total. The quantitative estimate of drug-likeness (QED) is 0.406. The highest BCUT2D eigenvalue weighted by molar-refractivity contribution is 5.82. The second-order valence-corrected chi connectivity index (χ2v) is 11.8. The van der Waals surface area contributed by atoms with Gasteiger partial charge in [0.1, 0.15) is 24.6 Å². The third-order valence-electron chi connectivity index (χ3n) is 7.36. The fourth-order valence-corrected chi connectivity index (χ4v) is 5.21. The summed E-state index contributed by atoms with van der Waals surface area (Å²) in [4.78, 5) is 57.5. The van der Waals surface area contributed by atoms with E-state index in [1.54, 1.807) is 15.9 Å². The van der Waals surface area contributed by atoms with Crippen molar-refractivity contribution in [1.29, 1.82) is 0 Å². The van der Waals surface area contributed by atoms with Gasteiger partial charge in [0.15, 0.2) is 0 Å². The standard InChI is InChI=1S/C29H43FN4O7/c1-29(2,3)41-28(39)33-12-8-20(9-13-33)6-7-25(35)34-11-4-5-21(19-34)27(38)32-24(16-26(36)37)22-15-23(18-31-17-22)40-14-10-30/h15,17-18,20-21,24H,4-14,16,19H2,1-3H3,(H,32,38)(H,36,37)/t21-,24?/m1/s1/i30-1. The van der Waals surface area contributed by atoms with E-state index in [1.807, 2.05) is 20.8 Å². The Hall–Kier alpha value is -3.44. The van der Waals surface area contributed by atoms with E-state index in [9.17, 15) is 28.7 Å². The van der Waals surface area contributed by atoms with Crippen LogP contribution in [0.1, 0.15) is 77.3 Å². The first-order valence-corrected chi connectivity index (χ1v) is 14.4. The summed E-state index contributed by atoms with van der Waals surface area (Å²) in [7, 11) is 0. The lowest BCUT2D eigenvalue weighted by Gasteiger charge is -2.35. The minimum absolute atomic E-state index is 0.000991. The van der Waals surface area contributed by atoms with E-state index < -0.39 is 30.2 Å². The zero-order valence-electron chi connectivity index (χ0n) is 24.3. The largest absolute Gasteiger partial charge is 0.489 e. The molecule has 3 heterocycles. The number of alkyl halides is 1. The number of nitrogens with zero attached hydrogens (tertiary/aromatic N) is 3. The predicted molar refractivity (Wildman–Crippen MR) is 148 cm³/mol. The van der Waals surface area contributed by atoms with Gasteiger partial charge < -0.3 is 29.7 Å². The van der Waals surface area contributed by atoms with Crippen molar-refractivity contribution in [2.75, 3.05) is 39.5 Å². The number of aromatic nitrogens is 1. The molecule has 2 atom stereocenters. The highest BCUT2D eigenvalue weighted by Crippen LogP contribution is 2.26. The zero-order chi connectivity index (χ0) is 30.0. The molecular formula is C29H43FN4O7. The van der Waals surface area contributed by atoms with Crippen molar-refractivity contribution in [2.24, 2.45) is 11.8 Å². The predicted octanol–water partition coefficient (Wildman–Crippen LogP) is 3.73. The van der Waals surface area contributed by atoms with E-state index in [0.717, 1.165) is 19.3 Å². The van der Waals surface area contributed by atoms with Crippen LogP contribution in [0.3, 0.4) is 0 Å². The van der Waals surface area contributed by atoms with Crippen LogP contribution < -0.4 is 10.1 Å². The van der Waals surface area contributed by atoms with Gasteiger partial charge >= 0.3 is 12.1 Å². The lowest BCUT2D eigenvalue weighted by atomic mass is 9.91. The number of halogens is 1. The van der Waals surface area contributed by atoms with Crippen molar-refractivity contribution in [3.63, 3.8) is 0 Å². The molecule has 0 bridgehead atoms. The van der Waals surface area contributed by atoms with Crippen LogP contribution in [0.25, 0.3) is 0 Å². The van der Waals surface area contributed by atoms with Crippen LogP contribution in [0, 0.1) is 11.8 Å². The van der Waals surface area contributed by atoms with Crippen LogP contribution in [0.4, 0.5) is 9.18 Å². The van der Waals surface area contributed by atoms with Crippen LogP contribution in [-0.4, -0.2) is 88.8 Å². The van der Waals surface area contributed by atoms with Gasteiger partial charge in [-0.3, -0.25) is 19.4 Å². The molecule has 12 heteroatoms. The van der Waals surface area contributed by atoms with Crippen molar-refractivity contribution in [2.45, 2.75) is 77.4 Å². The SMILES string of the molecule is CC(C)(C)OC(=O)N1CCC(CCC(=O)N2CCC[C@@H](C(=O)NC(CC(=O)O)c3cncc(OCC[18F])c3)C2)CC1. The van der Waals surface area contributed by atoms with Gasteiger partial charge in [0.25, 0.3) is 0 Å². The number of carboxylic acids is 1. The van der Waals surface area contributed by atoms with E-state index in [1.165, 1.54) is 12.4 Å². The van der Waals surface area contributed by atoms with Gasteiger partial charge in [0.2, 0.25) is 11.8 Å². The summed E-state index contributed by atoms with van der Waals surface area (Å²) in [5.41, 5.74) is -0.0898. The number of aliphatic carboxylic acids is 1. The molecule has 3 amide bonds. The molecule has 2 saturated heterocycles. The van der Waals surface area contributed by atoms with Crippen LogP contribution in [0.15, 0.2) is 18.5 Å². The number of nitrogens with one attached hydrogen (secondary N) is 1. The number of hydrogen-bond donors (Lipinski definition) is 2. The molecule has 41 heavy (non-hydrogen) atoms. The number of piperidine rings is 2. The van der Waals surface area contributed by atoms with Gasteiger partial charge in [-0.25, -0.2) is 9.18 Å². The van der Waals surface area contributed by atoms with Crippen LogP contribution in [0.5, 0.6) is 5.75 Å². The fourth-order valence-electron chi connectivity index (χ4n) is 5.21. The lowest BCUT2D eigenvalue weighted by Crippen LogP contribution is -2.46. The molecular weight excluding hydrogens is 534 g/mol. The number of carboxylic acid groups (broad SMARTS) is 1. The van der Waals surface area contributed by atoms with Crippen molar-refractivity contribution in [1.82, 2.24) is 20.1 Å². The third kappa shape index (κ3) is 10.5. The molecule has 2 aliphatic heterocycles. The minimum Gasteiger partial charge on any atom is -0.489 e. The molecule has 0 aliphatic carbocycles. The first kappa shape index (κ1) is 32.1. The van der Waals surface area contributed by atoms with Gasteiger partial charge in [-0.2, -0.15) is 0 Å². The Kier molecular flexibility index (Phi) is 11.7. The van der Waals surface area contributed by atoms with Crippen molar-refractivity contribution >= 4 is 23.9 Å². The molecule has 11 nitrogen and oxygen atoms in total. The summed E-state index contributed by atoms with van der Waals surface area (Å²) in [6, 6.07) is 0.699.